The normalized spacial score (nSPS) is 15.2. The summed E-state index contributed by atoms with van der Waals surface area (Å²) in [5.74, 6) is 0. The van der Waals surface area contributed by atoms with Crippen LogP contribution in [0.1, 0.15) is 11.1 Å². The van der Waals surface area contributed by atoms with E-state index in [0.717, 1.165) is 6.42 Å². The van der Waals surface area contributed by atoms with Gasteiger partial charge in [-0.3, -0.25) is 0 Å². The van der Waals surface area contributed by atoms with E-state index >= 15 is 0 Å². The molecule has 6 aromatic carbocycles. The van der Waals surface area contributed by atoms with Crippen LogP contribution in [-0.2, 0) is 6.42 Å². The highest BCUT2D eigenvalue weighted by Gasteiger charge is 2.47. The van der Waals surface area contributed by atoms with Gasteiger partial charge in [-0.2, -0.15) is 0 Å². The van der Waals surface area contributed by atoms with E-state index < -0.39 is 8.07 Å². The monoisotopic (exact) mass is 564 g/mol. The van der Waals surface area contributed by atoms with Crippen LogP contribution in [0, 0.1) is 0 Å². The van der Waals surface area contributed by atoms with E-state index in [0.29, 0.717) is 0 Å². The molecular formula is C39H29BN2Si. The summed E-state index contributed by atoms with van der Waals surface area (Å²) in [6, 6.07) is 48.2. The third-order valence-corrected chi connectivity index (χ3v) is 14.0. The summed E-state index contributed by atoms with van der Waals surface area (Å²) in [5.41, 5.74) is 15.2. The maximum absolute atomic E-state index is 2.64. The molecule has 0 saturated carbocycles. The van der Waals surface area contributed by atoms with E-state index in [9.17, 15) is 0 Å². The van der Waals surface area contributed by atoms with Crippen molar-refractivity contribution in [1.29, 1.82) is 0 Å². The number of para-hydroxylation sites is 4. The number of benzene rings is 6. The fraction of sp³-hybridized carbons (Fsp3) is 0.0769. The van der Waals surface area contributed by atoms with Crippen LogP contribution in [0.4, 0.5) is 17.1 Å². The molecule has 0 amide bonds. The molecule has 3 aliphatic heterocycles. The maximum atomic E-state index is 2.64. The van der Waals surface area contributed by atoms with Crippen molar-refractivity contribution in [3.63, 3.8) is 0 Å². The van der Waals surface area contributed by atoms with Crippen LogP contribution in [0.2, 0.25) is 13.1 Å². The van der Waals surface area contributed by atoms with Gasteiger partial charge in [0.25, 0.3) is 0 Å². The van der Waals surface area contributed by atoms with E-state index in [2.05, 4.69) is 150 Å². The second-order valence-electron chi connectivity index (χ2n) is 12.9. The molecule has 0 bridgehead atoms. The minimum Gasteiger partial charge on any atom is -0.312 e. The van der Waals surface area contributed by atoms with Gasteiger partial charge >= 0.3 is 0 Å². The van der Waals surface area contributed by atoms with Crippen LogP contribution in [0.15, 0.2) is 127 Å². The predicted octanol–water partition coefficient (Wildman–Crippen LogP) is 6.12. The van der Waals surface area contributed by atoms with Crippen molar-refractivity contribution in [3.8, 4) is 5.69 Å². The van der Waals surface area contributed by atoms with Crippen LogP contribution < -0.4 is 31.7 Å². The van der Waals surface area contributed by atoms with Crippen LogP contribution >= 0.6 is 0 Å². The van der Waals surface area contributed by atoms with Crippen LogP contribution in [0.5, 0.6) is 0 Å². The highest BCUT2D eigenvalue weighted by Crippen LogP contribution is 2.42. The highest BCUT2D eigenvalue weighted by molar-refractivity contribution is 7.05. The standard InChI is InChI=1S/C39H29BN2Si/c1-43(2)36-20-10-9-19-34(36)42-35-24-27(41-32-17-7-4-13-28(32)29-14-5-8-18-33(29)41)23-26-22-25-12-3-6-15-30(25)40(38(26)35)31-16-11-21-37(43)39(31)42/h3-21,23-24H,22H2,1-2H3. The molecule has 4 heteroatoms. The van der Waals surface area contributed by atoms with Crippen molar-refractivity contribution in [2.75, 3.05) is 4.90 Å². The Balaban J connectivity index is 1.36. The second-order valence-corrected chi connectivity index (χ2v) is 17.3. The zero-order valence-electron chi connectivity index (χ0n) is 24.3. The molecule has 0 saturated heterocycles. The van der Waals surface area contributed by atoms with Gasteiger partial charge in [-0.25, -0.2) is 0 Å². The van der Waals surface area contributed by atoms with Gasteiger partial charge in [0.05, 0.1) is 11.0 Å². The summed E-state index contributed by atoms with van der Waals surface area (Å²) in [7, 11) is -1.92. The van der Waals surface area contributed by atoms with E-state index in [1.165, 1.54) is 77.3 Å². The van der Waals surface area contributed by atoms with Gasteiger partial charge in [0.15, 0.2) is 0 Å². The van der Waals surface area contributed by atoms with Crippen LogP contribution in [-0.4, -0.2) is 19.4 Å². The zero-order chi connectivity index (χ0) is 28.4. The average Bonchev–Trinajstić information content (AvgIpc) is 3.38. The van der Waals surface area contributed by atoms with E-state index in [-0.39, 0.29) is 6.71 Å². The number of hydrogen-bond acceptors (Lipinski definition) is 1. The molecule has 0 atom stereocenters. The third kappa shape index (κ3) is 2.94. The molecule has 202 valence electrons. The molecule has 0 unspecified atom stereocenters. The van der Waals surface area contributed by atoms with Crippen molar-refractivity contribution >= 4 is 80.4 Å². The van der Waals surface area contributed by atoms with Crippen molar-refractivity contribution in [1.82, 2.24) is 4.57 Å². The third-order valence-electron chi connectivity index (χ3n) is 10.4. The Morgan fingerprint density at radius 1 is 0.581 bits per heavy atom. The number of nitrogens with zero attached hydrogens (tertiary/aromatic N) is 2. The van der Waals surface area contributed by atoms with Crippen LogP contribution in [0.25, 0.3) is 27.5 Å². The smallest absolute Gasteiger partial charge is 0.247 e. The lowest BCUT2D eigenvalue weighted by Gasteiger charge is -2.48. The Labute approximate surface area is 252 Å². The molecular weight excluding hydrogens is 535 g/mol. The fourth-order valence-corrected chi connectivity index (χ4v) is 11.6. The predicted molar refractivity (Wildman–Crippen MR) is 186 cm³/mol. The Kier molecular flexibility index (Phi) is 4.51. The topological polar surface area (TPSA) is 8.17 Å². The Morgan fingerprint density at radius 2 is 1.23 bits per heavy atom. The summed E-state index contributed by atoms with van der Waals surface area (Å²) < 4.78 is 2.49. The molecule has 1 aromatic heterocycles. The minimum absolute atomic E-state index is 0.239. The molecule has 43 heavy (non-hydrogen) atoms. The van der Waals surface area contributed by atoms with Crippen molar-refractivity contribution in [2.45, 2.75) is 19.5 Å². The van der Waals surface area contributed by atoms with Crippen LogP contribution in [0.3, 0.4) is 0 Å². The molecule has 4 heterocycles. The first-order valence-corrected chi connectivity index (χ1v) is 18.4. The van der Waals surface area contributed by atoms with Gasteiger partial charge in [0.2, 0.25) is 6.71 Å². The van der Waals surface area contributed by atoms with Crippen molar-refractivity contribution in [2.24, 2.45) is 0 Å². The molecule has 2 nitrogen and oxygen atoms in total. The Bertz CT molecular complexity index is 2280. The van der Waals surface area contributed by atoms with Crippen molar-refractivity contribution < 1.29 is 0 Å². The zero-order valence-corrected chi connectivity index (χ0v) is 25.3. The summed E-state index contributed by atoms with van der Waals surface area (Å²) in [4.78, 5) is 2.64. The molecule has 0 fully saturated rings. The molecule has 0 N–H and O–H groups in total. The molecule has 10 rings (SSSR count). The Morgan fingerprint density at radius 3 is 2.05 bits per heavy atom. The lowest BCUT2D eigenvalue weighted by molar-refractivity contribution is 1.13. The van der Waals surface area contributed by atoms with E-state index in [4.69, 9.17) is 0 Å². The number of rotatable bonds is 1. The number of aromatic nitrogens is 1. The Hall–Kier alpha value is -4.80. The second kappa shape index (κ2) is 8.18. The quantitative estimate of drug-likeness (QED) is 0.218. The van der Waals surface area contributed by atoms with Gasteiger partial charge in [0, 0.05) is 33.5 Å². The summed E-state index contributed by atoms with van der Waals surface area (Å²) >= 11 is 0. The van der Waals surface area contributed by atoms with E-state index in [1.807, 2.05) is 0 Å². The number of hydrogen-bond donors (Lipinski definition) is 0. The number of anilines is 3. The van der Waals surface area contributed by atoms with Gasteiger partial charge in [0.1, 0.15) is 8.07 Å². The fourth-order valence-electron chi connectivity index (χ4n) is 8.60. The lowest BCUT2D eigenvalue weighted by Crippen LogP contribution is -2.67. The first-order chi connectivity index (χ1) is 21.1. The van der Waals surface area contributed by atoms with Gasteiger partial charge < -0.3 is 9.47 Å². The molecule has 3 aliphatic rings. The van der Waals surface area contributed by atoms with E-state index in [1.54, 1.807) is 5.19 Å². The lowest BCUT2D eigenvalue weighted by atomic mass is 9.32. The molecule has 0 aliphatic carbocycles. The summed E-state index contributed by atoms with van der Waals surface area (Å²) in [6.07, 6.45) is 0.949. The molecule has 0 spiro atoms. The van der Waals surface area contributed by atoms with Gasteiger partial charge in [-0.15, -0.1) is 0 Å². The van der Waals surface area contributed by atoms with Crippen molar-refractivity contribution in [3.05, 3.63) is 139 Å². The molecule has 7 aromatic rings. The highest BCUT2D eigenvalue weighted by atomic mass is 28.3. The maximum Gasteiger partial charge on any atom is 0.247 e. The summed E-state index contributed by atoms with van der Waals surface area (Å²) in [6.45, 7) is 5.30. The molecule has 0 radical (unpaired) electrons. The average molecular weight is 565 g/mol. The van der Waals surface area contributed by atoms with Gasteiger partial charge in [-0.1, -0.05) is 116 Å². The SMILES string of the molecule is C[Si]1(C)c2ccccc2N2c3cc(-n4c5ccccc5c5ccccc54)cc4c3B(c3ccccc3C4)c3cccc1c32. The minimum atomic E-state index is -1.92. The first-order valence-electron chi connectivity index (χ1n) is 15.4. The number of fused-ring (bicyclic) bond motifs is 9. The largest absolute Gasteiger partial charge is 0.312 e. The summed E-state index contributed by atoms with van der Waals surface area (Å²) in [5, 5.41) is 5.67. The first kappa shape index (κ1) is 23.7. The van der Waals surface area contributed by atoms with Gasteiger partial charge in [-0.05, 0) is 69.2 Å².